The fraction of sp³-hybridized carbons (Fsp3) is 0.0270. The third-order valence-corrected chi connectivity index (χ3v) is 8.29. The summed E-state index contributed by atoms with van der Waals surface area (Å²) in [6.45, 7) is 0. The summed E-state index contributed by atoms with van der Waals surface area (Å²) in [5.41, 5.74) is 2.11. The largest absolute Gasteiger partial charge is 0.478 e. The van der Waals surface area contributed by atoms with E-state index in [1.165, 1.54) is 54.2 Å². The number of carbonyl (C=O) groups is 4. The summed E-state index contributed by atoms with van der Waals surface area (Å²) in [6, 6.07) is 35.7. The molecule has 0 saturated heterocycles. The molecule has 12 heteroatoms. The molecule has 5 aromatic carbocycles. The molecule has 0 aromatic heterocycles. The van der Waals surface area contributed by atoms with Crippen LogP contribution in [0.4, 0.5) is 17.1 Å². The van der Waals surface area contributed by atoms with Crippen LogP contribution < -0.4 is 16.0 Å². The number of hydrogen-bond acceptors (Lipinski definition) is 7. The van der Waals surface area contributed by atoms with E-state index < -0.39 is 28.0 Å². The number of thioether (sulfide) groups is 1. The van der Waals surface area contributed by atoms with Crippen LogP contribution in [0.25, 0.3) is 6.08 Å². The first-order chi connectivity index (χ1) is 23.7. The van der Waals surface area contributed by atoms with Crippen LogP contribution in [0.3, 0.4) is 0 Å². The van der Waals surface area contributed by atoms with E-state index in [2.05, 4.69) is 16.0 Å². The van der Waals surface area contributed by atoms with E-state index >= 15 is 0 Å². The molecule has 0 spiro atoms. The van der Waals surface area contributed by atoms with Gasteiger partial charge in [-0.25, -0.2) is 4.79 Å². The van der Waals surface area contributed by atoms with Crippen LogP contribution in [0.15, 0.2) is 144 Å². The number of nitro benzene ring substituents is 1. The molecular formula is C37H28N4O7S. The average molecular weight is 673 g/mol. The van der Waals surface area contributed by atoms with E-state index in [1.54, 1.807) is 66.7 Å². The van der Waals surface area contributed by atoms with Crippen molar-refractivity contribution >= 4 is 58.6 Å². The van der Waals surface area contributed by atoms with E-state index in [-0.39, 0.29) is 22.9 Å². The summed E-state index contributed by atoms with van der Waals surface area (Å²) >= 11 is 1.27. The van der Waals surface area contributed by atoms with Gasteiger partial charge in [0, 0.05) is 34.0 Å². The van der Waals surface area contributed by atoms with Gasteiger partial charge in [0.1, 0.15) is 10.9 Å². The number of amides is 3. The number of non-ortho nitro benzene ring substituents is 1. The van der Waals surface area contributed by atoms with E-state index in [4.69, 9.17) is 0 Å². The molecule has 3 amide bonds. The monoisotopic (exact) mass is 672 g/mol. The van der Waals surface area contributed by atoms with Gasteiger partial charge in [0.05, 0.1) is 10.5 Å². The SMILES string of the molecule is O=C(Nc1ccc(SC(C(=O)Nc2cccc(C(=O)O)c2)c2ccccc2)cc1)/C(=C/c1ccc([N+](=O)[O-])cc1)NC(=O)c1ccccc1. The third kappa shape index (κ3) is 9.27. The number of rotatable bonds is 12. The summed E-state index contributed by atoms with van der Waals surface area (Å²) in [4.78, 5) is 62.5. The highest BCUT2D eigenvalue weighted by molar-refractivity contribution is 8.00. The first-order valence-electron chi connectivity index (χ1n) is 14.8. The fourth-order valence-electron chi connectivity index (χ4n) is 4.59. The van der Waals surface area contributed by atoms with Gasteiger partial charge in [-0.05, 0) is 83.9 Å². The average Bonchev–Trinajstić information content (AvgIpc) is 3.12. The van der Waals surface area contributed by atoms with Crippen LogP contribution in [-0.2, 0) is 9.59 Å². The number of carbonyl (C=O) groups excluding carboxylic acids is 3. The lowest BCUT2D eigenvalue weighted by molar-refractivity contribution is -0.384. The van der Waals surface area contributed by atoms with Crippen molar-refractivity contribution in [2.24, 2.45) is 0 Å². The lowest BCUT2D eigenvalue weighted by Crippen LogP contribution is -2.30. The van der Waals surface area contributed by atoms with Gasteiger partial charge in [0.2, 0.25) is 5.91 Å². The van der Waals surface area contributed by atoms with Crippen LogP contribution in [0, 0.1) is 10.1 Å². The predicted molar refractivity (Wildman–Crippen MR) is 187 cm³/mol. The van der Waals surface area contributed by atoms with Gasteiger partial charge in [0.25, 0.3) is 17.5 Å². The summed E-state index contributed by atoms with van der Waals surface area (Å²) in [5, 5.41) is 27.9. The van der Waals surface area contributed by atoms with E-state index in [0.717, 1.165) is 5.56 Å². The molecule has 1 atom stereocenters. The number of carboxylic acids is 1. The quantitative estimate of drug-likeness (QED) is 0.0468. The van der Waals surface area contributed by atoms with Gasteiger partial charge in [-0.15, -0.1) is 11.8 Å². The third-order valence-electron chi connectivity index (χ3n) is 7.03. The summed E-state index contributed by atoms with van der Waals surface area (Å²) in [7, 11) is 0. The van der Waals surface area contributed by atoms with Crippen molar-refractivity contribution in [3.8, 4) is 0 Å². The zero-order valence-corrected chi connectivity index (χ0v) is 26.4. The van der Waals surface area contributed by atoms with Gasteiger partial charge in [-0.3, -0.25) is 24.5 Å². The Hall–Kier alpha value is -6.53. The Bertz CT molecular complexity index is 2020. The lowest BCUT2D eigenvalue weighted by Gasteiger charge is -2.18. The maximum atomic E-state index is 13.5. The summed E-state index contributed by atoms with van der Waals surface area (Å²) in [5.74, 6) is -2.61. The van der Waals surface area contributed by atoms with Crippen molar-refractivity contribution in [1.29, 1.82) is 0 Å². The molecule has 4 N–H and O–H groups in total. The van der Waals surface area contributed by atoms with Gasteiger partial charge in [0.15, 0.2) is 0 Å². The molecule has 0 saturated carbocycles. The molecule has 0 radical (unpaired) electrons. The highest BCUT2D eigenvalue weighted by Gasteiger charge is 2.23. The van der Waals surface area contributed by atoms with Gasteiger partial charge in [-0.2, -0.15) is 0 Å². The number of nitro groups is 1. The minimum atomic E-state index is -1.11. The number of nitrogens with zero attached hydrogens (tertiary/aromatic N) is 1. The fourth-order valence-corrected chi connectivity index (χ4v) is 5.62. The lowest BCUT2D eigenvalue weighted by atomic mass is 10.1. The molecule has 0 aliphatic carbocycles. The van der Waals surface area contributed by atoms with Crippen LogP contribution in [-0.4, -0.2) is 33.7 Å². The molecule has 5 rings (SSSR count). The first kappa shape index (κ1) is 33.8. The Morgan fingerprint density at radius 2 is 1.35 bits per heavy atom. The number of anilines is 2. The molecule has 0 fully saturated rings. The van der Waals surface area contributed by atoms with Crippen molar-refractivity contribution in [1.82, 2.24) is 5.32 Å². The maximum Gasteiger partial charge on any atom is 0.335 e. The maximum absolute atomic E-state index is 13.5. The van der Waals surface area contributed by atoms with Crippen LogP contribution in [0.1, 0.15) is 37.1 Å². The van der Waals surface area contributed by atoms with Gasteiger partial charge in [-0.1, -0.05) is 54.6 Å². The second-order valence-electron chi connectivity index (χ2n) is 10.5. The van der Waals surface area contributed by atoms with Crippen LogP contribution in [0.5, 0.6) is 0 Å². The van der Waals surface area contributed by atoms with Crippen molar-refractivity contribution in [3.63, 3.8) is 0 Å². The Morgan fingerprint density at radius 1 is 0.714 bits per heavy atom. The molecule has 0 heterocycles. The Morgan fingerprint density at radius 3 is 1.98 bits per heavy atom. The number of benzene rings is 5. The molecular weight excluding hydrogens is 644 g/mol. The Labute approximate surface area is 284 Å². The molecule has 11 nitrogen and oxygen atoms in total. The first-order valence-corrected chi connectivity index (χ1v) is 15.6. The highest BCUT2D eigenvalue weighted by atomic mass is 32.2. The molecule has 244 valence electrons. The predicted octanol–water partition coefficient (Wildman–Crippen LogP) is 7.17. The second kappa shape index (κ2) is 15.8. The second-order valence-corrected chi connectivity index (χ2v) is 11.7. The van der Waals surface area contributed by atoms with E-state index in [9.17, 15) is 34.4 Å². The molecule has 49 heavy (non-hydrogen) atoms. The van der Waals surface area contributed by atoms with E-state index in [0.29, 0.717) is 27.4 Å². The highest BCUT2D eigenvalue weighted by Crippen LogP contribution is 2.37. The smallest absolute Gasteiger partial charge is 0.335 e. The molecule has 0 aliphatic rings. The van der Waals surface area contributed by atoms with Crippen LogP contribution in [0.2, 0.25) is 0 Å². The number of aromatic carboxylic acids is 1. The zero-order valence-electron chi connectivity index (χ0n) is 25.6. The zero-order chi connectivity index (χ0) is 34.8. The molecule has 0 aliphatic heterocycles. The molecule has 0 bridgehead atoms. The Balaban J connectivity index is 1.33. The van der Waals surface area contributed by atoms with Crippen molar-refractivity contribution in [2.45, 2.75) is 10.1 Å². The van der Waals surface area contributed by atoms with Crippen molar-refractivity contribution < 1.29 is 29.2 Å². The van der Waals surface area contributed by atoms with E-state index in [1.807, 2.05) is 30.3 Å². The summed E-state index contributed by atoms with van der Waals surface area (Å²) < 4.78 is 0. The minimum Gasteiger partial charge on any atom is -0.478 e. The van der Waals surface area contributed by atoms with Gasteiger partial charge >= 0.3 is 5.97 Å². The summed E-state index contributed by atoms with van der Waals surface area (Å²) in [6.07, 6.45) is 1.42. The molecule has 5 aromatic rings. The molecule has 1 unspecified atom stereocenters. The van der Waals surface area contributed by atoms with Gasteiger partial charge < -0.3 is 21.1 Å². The Kier molecular flexibility index (Phi) is 10.9. The van der Waals surface area contributed by atoms with Crippen LogP contribution >= 0.6 is 11.8 Å². The normalized spacial score (nSPS) is 11.6. The minimum absolute atomic E-state index is 0.0460. The number of hydrogen-bond donors (Lipinski definition) is 4. The number of nitrogens with one attached hydrogen (secondary N) is 3. The topological polar surface area (TPSA) is 168 Å². The van der Waals surface area contributed by atoms with Crippen molar-refractivity contribution in [2.75, 3.05) is 10.6 Å². The standard InChI is InChI=1S/C37H28N4O7S/c42-34(26-10-5-2-6-11-26)40-32(22-24-14-18-30(19-15-24)41(47)48)35(43)38-28-16-20-31(21-17-28)49-33(25-8-3-1-4-9-25)36(44)39-29-13-7-12-27(23-29)37(45)46/h1-23,33H,(H,38,43)(H,39,44)(H,40,42)(H,45,46)/b32-22-. The van der Waals surface area contributed by atoms with Crippen molar-refractivity contribution in [3.05, 3.63) is 172 Å². The number of carboxylic acid groups (broad SMARTS) is 1.